The lowest BCUT2D eigenvalue weighted by Crippen LogP contribution is -2.48. The Labute approximate surface area is 150 Å². The fourth-order valence-electron chi connectivity index (χ4n) is 3.03. The van der Waals surface area contributed by atoms with Gasteiger partial charge in [-0.05, 0) is 32.0 Å². The Kier molecular flexibility index (Phi) is 5.23. The van der Waals surface area contributed by atoms with E-state index >= 15 is 0 Å². The normalized spacial score (nSPS) is 15.8. The molecule has 24 heavy (non-hydrogen) atoms. The first-order valence-electron chi connectivity index (χ1n) is 7.97. The van der Waals surface area contributed by atoms with Gasteiger partial charge in [0, 0.05) is 53.1 Å². The molecule has 1 aliphatic heterocycles. The van der Waals surface area contributed by atoms with Gasteiger partial charge in [-0.15, -0.1) is 11.3 Å². The van der Waals surface area contributed by atoms with E-state index in [1.165, 1.54) is 6.07 Å². The molecular weight excluding hydrogens is 347 g/mol. The maximum absolute atomic E-state index is 13.9. The quantitative estimate of drug-likeness (QED) is 0.816. The van der Waals surface area contributed by atoms with E-state index in [-0.39, 0.29) is 11.7 Å². The molecule has 6 heteroatoms. The molecule has 0 atom stereocenters. The first-order valence-corrected chi connectivity index (χ1v) is 9.16. The lowest BCUT2D eigenvalue weighted by molar-refractivity contribution is 0.0627. The number of aryl methyl sites for hydroxylation is 2. The Morgan fingerprint density at radius 1 is 1.25 bits per heavy atom. The summed E-state index contributed by atoms with van der Waals surface area (Å²) in [6.07, 6.45) is 0. The molecule has 1 aliphatic rings. The highest BCUT2D eigenvalue weighted by Gasteiger charge is 2.24. The first-order chi connectivity index (χ1) is 11.5. The highest BCUT2D eigenvalue weighted by molar-refractivity contribution is 7.12. The van der Waals surface area contributed by atoms with Crippen molar-refractivity contribution in [2.45, 2.75) is 20.4 Å². The van der Waals surface area contributed by atoms with Crippen molar-refractivity contribution in [2.75, 3.05) is 26.2 Å². The van der Waals surface area contributed by atoms with Crippen LogP contribution in [0.25, 0.3) is 0 Å². The van der Waals surface area contributed by atoms with Gasteiger partial charge >= 0.3 is 0 Å². The first kappa shape index (κ1) is 17.4. The molecule has 1 aromatic heterocycles. The van der Waals surface area contributed by atoms with Crippen LogP contribution in [0.4, 0.5) is 4.39 Å². The number of thiophene rings is 1. The lowest BCUT2D eigenvalue weighted by Gasteiger charge is -2.35. The fourth-order valence-corrected chi connectivity index (χ4v) is 4.17. The van der Waals surface area contributed by atoms with Crippen LogP contribution >= 0.6 is 22.9 Å². The average Bonchev–Trinajstić information content (AvgIpc) is 2.89. The van der Waals surface area contributed by atoms with E-state index in [0.717, 1.165) is 28.4 Å². The third kappa shape index (κ3) is 3.63. The van der Waals surface area contributed by atoms with Crippen LogP contribution in [0, 0.1) is 19.7 Å². The summed E-state index contributed by atoms with van der Waals surface area (Å²) in [4.78, 5) is 18.9. The summed E-state index contributed by atoms with van der Waals surface area (Å²) in [6, 6.07) is 6.72. The molecule has 0 unspecified atom stereocenters. The number of benzene rings is 1. The van der Waals surface area contributed by atoms with Crippen LogP contribution in [0.15, 0.2) is 24.3 Å². The van der Waals surface area contributed by atoms with E-state index < -0.39 is 0 Å². The Morgan fingerprint density at radius 3 is 2.54 bits per heavy atom. The molecule has 2 heterocycles. The summed E-state index contributed by atoms with van der Waals surface area (Å²) in [5.41, 5.74) is 1.34. The SMILES string of the molecule is Cc1cc(C(=O)N2CCN(Cc3c(F)cccc3Cl)CC2)c(C)s1. The minimum atomic E-state index is -0.273. The molecule has 1 amide bonds. The highest BCUT2D eigenvalue weighted by atomic mass is 35.5. The van der Waals surface area contributed by atoms with Gasteiger partial charge in [0.2, 0.25) is 0 Å². The number of piperazine rings is 1. The fraction of sp³-hybridized carbons (Fsp3) is 0.389. The van der Waals surface area contributed by atoms with Crippen LogP contribution in [-0.2, 0) is 6.54 Å². The minimum Gasteiger partial charge on any atom is -0.336 e. The molecule has 3 rings (SSSR count). The van der Waals surface area contributed by atoms with Crippen molar-refractivity contribution in [2.24, 2.45) is 0 Å². The summed E-state index contributed by atoms with van der Waals surface area (Å²) in [5, 5.41) is 0.456. The molecule has 0 radical (unpaired) electrons. The summed E-state index contributed by atoms with van der Waals surface area (Å²) < 4.78 is 13.9. The zero-order valence-electron chi connectivity index (χ0n) is 13.8. The van der Waals surface area contributed by atoms with Gasteiger partial charge in [-0.2, -0.15) is 0 Å². The van der Waals surface area contributed by atoms with Crippen molar-refractivity contribution in [1.29, 1.82) is 0 Å². The standard InChI is InChI=1S/C18H20ClFN2OS/c1-12-10-14(13(2)24-12)18(23)22-8-6-21(7-9-22)11-15-16(19)4-3-5-17(15)20/h3-5,10H,6-9,11H2,1-2H3. The van der Waals surface area contributed by atoms with E-state index in [0.29, 0.717) is 30.2 Å². The average molecular weight is 367 g/mol. The monoisotopic (exact) mass is 366 g/mol. The number of amides is 1. The zero-order valence-corrected chi connectivity index (χ0v) is 15.4. The van der Waals surface area contributed by atoms with Gasteiger partial charge < -0.3 is 4.90 Å². The molecule has 1 aromatic carbocycles. The van der Waals surface area contributed by atoms with Gasteiger partial charge in [0.25, 0.3) is 5.91 Å². The lowest BCUT2D eigenvalue weighted by atomic mass is 10.1. The van der Waals surface area contributed by atoms with E-state index in [9.17, 15) is 9.18 Å². The number of carbonyl (C=O) groups excluding carboxylic acids is 1. The predicted molar refractivity (Wildman–Crippen MR) is 96.4 cm³/mol. The second kappa shape index (κ2) is 7.21. The van der Waals surface area contributed by atoms with Gasteiger partial charge in [0.05, 0.1) is 5.56 Å². The highest BCUT2D eigenvalue weighted by Crippen LogP contribution is 2.24. The molecule has 0 aliphatic carbocycles. The molecule has 0 spiro atoms. The van der Waals surface area contributed by atoms with Crippen LogP contribution < -0.4 is 0 Å². The van der Waals surface area contributed by atoms with Crippen LogP contribution in [0.5, 0.6) is 0 Å². The number of carbonyl (C=O) groups is 1. The van der Waals surface area contributed by atoms with E-state index in [2.05, 4.69) is 4.90 Å². The topological polar surface area (TPSA) is 23.6 Å². The molecule has 2 aromatic rings. The van der Waals surface area contributed by atoms with E-state index in [4.69, 9.17) is 11.6 Å². The van der Waals surface area contributed by atoms with Gasteiger partial charge in [0.15, 0.2) is 0 Å². The molecule has 128 valence electrons. The van der Waals surface area contributed by atoms with E-state index in [1.54, 1.807) is 23.5 Å². The van der Waals surface area contributed by atoms with Gasteiger partial charge in [-0.3, -0.25) is 9.69 Å². The number of nitrogens with zero attached hydrogens (tertiary/aromatic N) is 2. The minimum absolute atomic E-state index is 0.0976. The summed E-state index contributed by atoms with van der Waals surface area (Å²) in [7, 11) is 0. The van der Waals surface area contributed by atoms with Crippen LogP contribution in [0.1, 0.15) is 25.7 Å². The van der Waals surface area contributed by atoms with Crippen molar-refractivity contribution in [1.82, 2.24) is 9.80 Å². The summed E-state index contributed by atoms with van der Waals surface area (Å²) >= 11 is 7.75. The van der Waals surface area contributed by atoms with Crippen molar-refractivity contribution in [3.05, 3.63) is 56.0 Å². The molecule has 1 fully saturated rings. The second-order valence-electron chi connectivity index (χ2n) is 6.10. The molecule has 0 saturated carbocycles. The van der Waals surface area contributed by atoms with Gasteiger partial charge in [-0.25, -0.2) is 4.39 Å². The number of halogens is 2. The van der Waals surface area contributed by atoms with Crippen LogP contribution in [0.2, 0.25) is 5.02 Å². The third-order valence-electron chi connectivity index (χ3n) is 4.37. The Morgan fingerprint density at radius 2 is 1.96 bits per heavy atom. The molecule has 0 bridgehead atoms. The Bertz CT molecular complexity index is 733. The zero-order chi connectivity index (χ0) is 17.3. The van der Waals surface area contributed by atoms with Crippen LogP contribution in [-0.4, -0.2) is 41.9 Å². The summed E-state index contributed by atoms with van der Waals surface area (Å²) in [6.45, 7) is 7.23. The maximum atomic E-state index is 13.9. The maximum Gasteiger partial charge on any atom is 0.255 e. The molecule has 3 nitrogen and oxygen atoms in total. The van der Waals surface area contributed by atoms with Crippen molar-refractivity contribution < 1.29 is 9.18 Å². The Balaban J connectivity index is 1.62. The van der Waals surface area contributed by atoms with E-state index in [1.807, 2.05) is 24.8 Å². The second-order valence-corrected chi connectivity index (χ2v) is 7.96. The number of hydrogen-bond donors (Lipinski definition) is 0. The summed E-state index contributed by atoms with van der Waals surface area (Å²) in [5.74, 6) is -0.175. The van der Waals surface area contributed by atoms with Crippen molar-refractivity contribution in [3.63, 3.8) is 0 Å². The van der Waals surface area contributed by atoms with Gasteiger partial charge in [0.1, 0.15) is 5.82 Å². The predicted octanol–water partition coefficient (Wildman–Crippen LogP) is 4.12. The molecular formula is C18H20ClFN2OS. The molecule has 0 N–H and O–H groups in total. The van der Waals surface area contributed by atoms with Crippen LogP contribution in [0.3, 0.4) is 0 Å². The molecule has 1 saturated heterocycles. The van der Waals surface area contributed by atoms with Crippen molar-refractivity contribution >= 4 is 28.8 Å². The number of rotatable bonds is 3. The Hall–Kier alpha value is -1.43. The largest absolute Gasteiger partial charge is 0.336 e. The van der Waals surface area contributed by atoms with Gasteiger partial charge in [-0.1, -0.05) is 17.7 Å². The van der Waals surface area contributed by atoms with Crippen molar-refractivity contribution in [3.8, 4) is 0 Å². The third-order valence-corrected chi connectivity index (χ3v) is 5.69. The smallest absolute Gasteiger partial charge is 0.255 e. The number of hydrogen-bond acceptors (Lipinski definition) is 3.